The number of rotatable bonds is 5. The molecule has 1 aromatic rings. The average Bonchev–Trinajstić information content (AvgIpc) is 2.65. The van der Waals surface area contributed by atoms with E-state index in [0.29, 0.717) is 11.4 Å². The van der Waals surface area contributed by atoms with Crippen LogP contribution >= 0.6 is 23.7 Å². The Morgan fingerprint density at radius 1 is 1.69 bits per heavy atom. The van der Waals surface area contributed by atoms with Crippen molar-refractivity contribution in [2.45, 2.75) is 19.4 Å². The second kappa shape index (κ2) is 7.49. The minimum atomic E-state index is -0.0658. The Bertz CT molecular complexity index is 328. The molecule has 1 aromatic heterocycles. The molecule has 3 N–H and O–H groups in total. The van der Waals surface area contributed by atoms with Gasteiger partial charge in [0.15, 0.2) is 0 Å². The summed E-state index contributed by atoms with van der Waals surface area (Å²) >= 11 is 1.37. The maximum absolute atomic E-state index is 11.6. The number of carbonyl (C=O) groups excluding carboxylic acids is 1. The second-order valence-electron chi connectivity index (χ2n) is 3.37. The SMILES string of the molecule is COc1csc(C(=O)NCCC(C)N)c1.Cl. The molecule has 6 heteroatoms. The third-order valence-electron chi connectivity index (χ3n) is 1.92. The summed E-state index contributed by atoms with van der Waals surface area (Å²) in [5.41, 5.74) is 5.57. The Hall–Kier alpha value is -0.780. The van der Waals surface area contributed by atoms with E-state index in [-0.39, 0.29) is 24.4 Å². The van der Waals surface area contributed by atoms with Crippen LogP contribution in [0.1, 0.15) is 23.0 Å². The zero-order chi connectivity index (χ0) is 11.3. The molecule has 4 nitrogen and oxygen atoms in total. The van der Waals surface area contributed by atoms with E-state index in [9.17, 15) is 4.79 Å². The van der Waals surface area contributed by atoms with Crippen LogP contribution in [0.3, 0.4) is 0 Å². The topological polar surface area (TPSA) is 64.3 Å². The Kier molecular flexibility index (Phi) is 7.12. The highest BCUT2D eigenvalue weighted by Gasteiger charge is 2.08. The molecule has 0 aliphatic heterocycles. The van der Waals surface area contributed by atoms with Crippen molar-refractivity contribution < 1.29 is 9.53 Å². The van der Waals surface area contributed by atoms with Crippen molar-refractivity contribution in [1.29, 1.82) is 0 Å². The third-order valence-corrected chi connectivity index (χ3v) is 2.83. The van der Waals surface area contributed by atoms with Crippen molar-refractivity contribution in [2.24, 2.45) is 5.73 Å². The van der Waals surface area contributed by atoms with Crippen molar-refractivity contribution in [3.8, 4) is 5.75 Å². The Balaban J connectivity index is 0.00000225. The zero-order valence-electron chi connectivity index (χ0n) is 9.36. The number of thiophene rings is 1. The van der Waals surface area contributed by atoms with Crippen LogP contribution in [0.5, 0.6) is 5.75 Å². The molecular weight excluding hydrogens is 248 g/mol. The minimum Gasteiger partial charge on any atom is -0.496 e. The minimum absolute atomic E-state index is 0. The van der Waals surface area contributed by atoms with E-state index in [1.165, 1.54) is 11.3 Å². The van der Waals surface area contributed by atoms with Crippen molar-refractivity contribution in [3.63, 3.8) is 0 Å². The van der Waals surface area contributed by atoms with Crippen LogP contribution in [0.2, 0.25) is 0 Å². The standard InChI is InChI=1S/C10H16N2O2S.ClH/c1-7(11)3-4-12-10(13)9-5-8(14-2)6-15-9;/h5-7H,3-4,11H2,1-2H3,(H,12,13);1H. The number of nitrogens with two attached hydrogens (primary N) is 1. The molecule has 1 heterocycles. The van der Waals surface area contributed by atoms with Gasteiger partial charge in [-0.05, 0) is 13.3 Å². The van der Waals surface area contributed by atoms with E-state index in [2.05, 4.69) is 5.32 Å². The predicted molar refractivity (Wildman–Crippen MR) is 68.7 cm³/mol. The molecule has 0 fully saturated rings. The molecule has 0 bridgehead atoms. The average molecular weight is 265 g/mol. The van der Waals surface area contributed by atoms with E-state index in [1.807, 2.05) is 6.92 Å². The lowest BCUT2D eigenvalue weighted by molar-refractivity contribution is 0.0956. The maximum atomic E-state index is 11.6. The molecule has 0 aromatic carbocycles. The van der Waals surface area contributed by atoms with E-state index < -0.39 is 0 Å². The molecular formula is C10H17ClN2O2S. The normalized spacial score (nSPS) is 11.4. The van der Waals surface area contributed by atoms with Gasteiger partial charge in [-0.15, -0.1) is 23.7 Å². The van der Waals surface area contributed by atoms with Crippen LogP contribution in [-0.4, -0.2) is 25.6 Å². The van der Waals surface area contributed by atoms with Crippen molar-refractivity contribution >= 4 is 29.7 Å². The fraction of sp³-hybridized carbons (Fsp3) is 0.500. The zero-order valence-corrected chi connectivity index (χ0v) is 11.0. The predicted octanol–water partition coefficient (Wildman–Crippen LogP) is 1.65. The summed E-state index contributed by atoms with van der Waals surface area (Å²) in [4.78, 5) is 12.2. The fourth-order valence-corrected chi connectivity index (χ4v) is 1.82. The first kappa shape index (κ1) is 15.2. The van der Waals surface area contributed by atoms with Gasteiger partial charge in [0.2, 0.25) is 0 Å². The second-order valence-corrected chi connectivity index (χ2v) is 4.28. The molecule has 1 unspecified atom stereocenters. The fourth-order valence-electron chi connectivity index (χ4n) is 1.05. The number of ether oxygens (including phenoxy) is 1. The Morgan fingerprint density at radius 2 is 2.38 bits per heavy atom. The van der Waals surface area contributed by atoms with Gasteiger partial charge < -0.3 is 15.8 Å². The highest BCUT2D eigenvalue weighted by atomic mass is 35.5. The van der Waals surface area contributed by atoms with Gasteiger partial charge in [-0.3, -0.25) is 4.79 Å². The number of hydrogen-bond donors (Lipinski definition) is 2. The summed E-state index contributed by atoms with van der Waals surface area (Å²) in [6.45, 7) is 2.52. The summed E-state index contributed by atoms with van der Waals surface area (Å²) in [6.07, 6.45) is 0.786. The van der Waals surface area contributed by atoms with Crippen LogP contribution in [-0.2, 0) is 0 Å². The number of nitrogens with one attached hydrogen (secondary N) is 1. The monoisotopic (exact) mass is 264 g/mol. The number of hydrogen-bond acceptors (Lipinski definition) is 4. The van der Waals surface area contributed by atoms with Crippen LogP contribution in [0.25, 0.3) is 0 Å². The van der Waals surface area contributed by atoms with Crippen molar-refractivity contribution in [3.05, 3.63) is 16.3 Å². The smallest absolute Gasteiger partial charge is 0.261 e. The highest BCUT2D eigenvalue weighted by molar-refractivity contribution is 7.12. The first-order chi connectivity index (χ1) is 7.13. The summed E-state index contributed by atoms with van der Waals surface area (Å²) in [5.74, 6) is 0.654. The Labute approximate surface area is 106 Å². The molecule has 0 aliphatic carbocycles. The Morgan fingerprint density at radius 3 is 2.88 bits per heavy atom. The van der Waals surface area contributed by atoms with Gasteiger partial charge in [0.05, 0.1) is 12.0 Å². The number of carbonyl (C=O) groups is 1. The van der Waals surface area contributed by atoms with Crippen molar-refractivity contribution in [2.75, 3.05) is 13.7 Å². The lowest BCUT2D eigenvalue weighted by atomic mass is 10.2. The molecule has 0 aliphatic rings. The van der Waals surface area contributed by atoms with E-state index in [1.54, 1.807) is 18.6 Å². The van der Waals surface area contributed by atoms with Crippen LogP contribution in [0, 0.1) is 0 Å². The van der Waals surface area contributed by atoms with E-state index >= 15 is 0 Å². The van der Waals surface area contributed by atoms with Crippen LogP contribution < -0.4 is 15.8 Å². The number of methoxy groups -OCH3 is 1. The number of amides is 1. The molecule has 92 valence electrons. The van der Waals surface area contributed by atoms with E-state index in [4.69, 9.17) is 10.5 Å². The van der Waals surface area contributed by atoms with Gasteiger partial charge in [-0.2, -0.15) is 0 Å². The third kappa shape index (κ3) is 4.83. The van der Waals surface area contributed by atoms with Gasteiger partial charge in [-0.1, -0.05) is 0 Å². The molecule has 0 saturated carbocycles. The molecule has 0 saturated heterocycles. The molecule has 16 heavy (non-hydrogen) atoms. The van der Waals surface area contributed by atoms with Gasteiger partial charge in [0.1, 0.15) is 5.75 Å². The quantitative estimate of drug-likeness (QED) is 0.850. The summed E-state index contributed by atoms with van der Waals surface area (Å²) in [7, 11) is 1.58. The first-order valence-electron chi connectivity index (χ1n) is 4.79. The molecule has 1 atom stereocenters. The van der Waals surface area contributed by atoms with E-state index in [0.717, 1.165) is 12.2 Å². The summed E-state index contributed by atoms with van der Waals surface area (Å²) < 4.78 is 5.00. The molecule has 0 spiro atoms. The molecule has 1 amide bonds. The highest BCUT2D eigenvalue weighted by Crippen LogP contribution is 2.20. The first-order valence-corrected chi connectivity index (χ1v) is 5.67. The summed E-state index contributed by atoms with van der Waals surface area (Å²) in [5, 5.41) is 4.61. The van der Waals surface area contributed by atoms with Crippen LogP contribution in [0.15, 0.2) is 11.4 Å². The van der Waals surface area contributed by atoms with Gasteiger partial charge in [0, 0.05) is 24.0 Å². The van der Waals surface area contributed by atoms with Crippen molar-refractivity contribution in [1.82, 2.24) is 5.32 Å². The van der Waals surface area contributed by atoms with Gasteiger partial charge in [-0.25, -0.2) is 0 Å². The lowest BCUT2D eigenvalue weighted by Gasteiger charge is -2.05. The summed E-state index contributed by atoms with van der Waals surface area (Å²) in [6, 6.07) is 1.84. The molecule has 1 rings (SSSR count). The largest absolute Gasteiger partial charge is 0.496 e. The molecule has 0 radical (unpaired) electrons. The lowest BCUT2D eigenvalue weighted by Crippen LogP contribution is -2.28. The maximum Gasteiger partial charge on any atom is 0.261 e. The van der Waals surface area contributed by atoms with Crippen LogP contribution in [0.4, 0.5) is 0 Å². The van der Waals surface area contributed by atoms with Gasteiger partial charge >= 0.3 is 0 Å². The number of halogens is 1. The van der Waals surface area contributed by atoms with Gasteiger partial charge in [0.25, 0.3) is 5.91 Å².